The van der Waals surface area contributed by atoms with Crippen LogP contribution in [0.1, 0.15) is 5.56 Å². The van der Waals surface area contributed by atoms with Crippen molar-refractivity contribution in [3.63, 3.8) is 0 Å². The summed E-state index contributed by atoms with van der Waals surface area (Å²) in [6, 6.07) is 12.3. The summed E-state index contributed by atoms with van der Waals surface area (Å²) in [5.74, 6) is -1.74. The maximum Gasteiger partial charge on any atom is 0.166 e. The Hall–Kier alpha value is -2.21. The molecule has 0 aliphatic carbocycles. The van der Waals surface area contributed by atoms with Gasteiger partial charge in [0.2, 0.25) is 0 Å². The van der Waals surface area contributed by atoms with E-state index in [1.807, 2.05) is 6.07 Å². The summed E-state index contributed by atoms with van der Waals surface area (Å²) >= 11 is 0. The molecule has 0 atom stereocenters. The minimum Gasteiger partial charge on any atom is -0.204 e. The summed E-state index contributed by atoms with van der Waals surface area (Å²) in [5.41, 5.74) is 1.24. The van der Waals surface area contributed by atoms with Crippen LogP contribution in [-0.2, 0) is 0 Å². The molecule has 0 spiro atoms. The summed E-state index contributed by atoms with van der Waals surface area (Å²) in [7, 11) is 0. The van der Waals surface area contributed by atoms with Gasteiger partial charge in [-0.3, -0.25) is 0 Å². The zero-order chi connectivity index (χ0) is 11.5. The number of halogens is 2. The number of nitriles is 1. The maximum absolute atomic E-state index is 13.4. The van der Waals surface area contributed by atoms with Crippen molar-refractivity contribution in [1.82, 2.24) is 0 Å². The molecular formula is C13H7F2N. The van der Waals surface area contributed by atoms with Crippen molar-refractivity contribution in [3.8, 4) is 17.2 Å². The lowest BCUT2D eigenvalue weighted by atomic mass is 10.0. The average Bonchev–Trinajstić information content (AvgIpc) is 2.33. The first-order valence-corrected chi connectivity index (χ1v) is 4.67. The third-order valence-corrected chi connectivity index (χ3v) is 2.28. The Labute approximate surface area is 91.6 Å². The van der Waals surface area contributed by atoms with E-state index in [0.29, 0.717) is 11.1 Å². The Morgan fingerprint density at radius 2 is 1.62 bits per heavy atom. The third-order valence-electron chi connectivity index (χ3n) is 2.28. The second-order valence-electron chi connectivity index (χ2n) is 3.29. The maximum atomic E-state index is 13.4. The largest absolute Gasteiger partial charge is 0.204 e. The number of rotatable bonds is 1. The molecule has 0 aliphatic rings. The van der Waals surface area contributed by atoms with Crippen molar-refractivity contribution in [2.75, 3.05) is 0 Å². The summed E-state index contributed by atoms with van der Waals surface area (Å²) in [5, 5.41) is 8.61. The molecule has 78 valence electrons. The molecule has 3 heteroatoms. The lowest BCUT2D eigenvalue weighted by Gasteiger charge is -2.03. The highest BCUT2D eigenvalue weighted by Crippen LogP contribution is 2.24. The molecule has 0 N–H and O–H groups in total. The molecule has 0 radical (unpaired) electrons. The van der Waals surface area contributed by atoms with Gasteiger partial charge in [0.1, 0.15) is 0 Å². The number of benzene rings is 2. The fourth-order valence-electron chi connectivity index (χ4n) is 1.45. The van der Waals surface area contributed by atoms with E-state index in [0.717, 1.165) is 6.07 Å². The molecular weight excluding hydrogens is 208 g/mol. The van der Waals surface area contributed by atoms with Crippen molar-refractivity contribution in [2.24, 2.45) is 0 Å². The molecule has 0 bridgehead atoms. The van der Waals surface area contributed by atoms with E-state index in [1.54, 1.807) is 24.3 Å². The SMILES string of the molecule is N#Cc1ccc(-c2cccc(F)c2F)cc1. The first-order chi connectivity index (χ1) is 7.72. The first-order valence-electron chi connectivity index (χ1n) is 4.67. The van der Waals surface area contributed by atoms with Crippen molar-refractivity contribution in [1.29, 1.82) is 5.26 Å². The van der Waals surface area contributed by atoms with E-state index >= 15 is 0 Å². The van der Waals surface area contributed by atoms with E-state index in [4.69, 9.17) is 5.26 Å². The van der Waals surface area contributed by atoms with Crippen LogP contribution in [0.5, 0.6) is 0 Å². The highest BCUT2D eigenvalue weighted by Gasteiger charge is 2.08. The van der Waals surface area contributed by atoms with Crippen LogP contribution in [0.3, 0.4) is 0 Å². The van der Waals surface area contributed by atoms with Crippen molar-refractivity contribution in [2.45, 2.75) is 0 Å². The standard InChI is InChI=1S/C13H7F2N/c14-12-3-1-2-11(13(12)15)10-6-4-9(8-16)5-7-10/h1-7H. The van der Waals surface area contributed by atoms with Crippen LogP contribution in [0.15, 0.2) is 42.5 Å². The van der Waals surface area contributed by atoms with Crippen LogP contribution >= 0.6 is 0 Å². The lowest BCUT2D eigenvalue weighted by Crippen LogP contribution is -1.88. The number of nitrogens with zero attached hydrogens (tertiary/aromatic N) is 1. The monoisotopic (exact) mass is 215 g/mol. The lowest BCUT2D eigenvalue weighted by molar-refractivity contribution is 0.511. The Bertz CT molecular complexity index is 553. The van der Waals surface area contributed by atoms with Gasteiger partial charge in [0.25, 0.3) is 0 Å². The zero-order valence-electron chi connectivity index (χ0n) is 8.24. The highest BCUT2D eigenvalue weighted by molar-refractivity contribution is 5.64. The molecule has 2 rings (SSSR count). The zero-order valence-corrected chi connectivity index (χ0v) is 8.24. The summed E-state index contributed by atoms with van der Waals surface area (Å²) in [4.78, 5) is 0. The Balaban J connectivity index is 2.51. The minimum absolute atomic E-state index is 0.199. The van der Waals surface area contributed by atoms with Gasteiger partial charge in [-0.1, -0.05) is 24.3 Å². The summed E-state index contributed by atoms with van der Waals surface area (Å²) in [6.45, 7) is 0. The normalized spacial score (nSPS) is 9.81. The van der Waals surface area contributed by atoms with Crippen molar-refractivity contribution < 1.29 is 8.78 Å². The molecule has 0 saturated carbocycles. The second kappa shape index (κ2) is 4.11. The quantitative estimate of drug-likeness (QED) is 0.714. The van der Waals surface area contributed by atoms with Crippen molar-refractivity contribution in [3.05, 3.63) is 59.7 Å². The van der Waals surface area contributed by atoms with E-state index in [-0.39, 0.29) is 5.56 Å². The Morgan fingerprint density at radius 1 is 0.938 bits per heavy atom. The summed E-state index contributed by atoms with van der Waals surface area (Å²) in [6.07, 6.45) is 0. The van der Waals surface area contributed by atoms with E-state index in [1.165, 1.54) is 12.1 Å². The van der Waals surface area contributed by atoms with Crippen molar-refractivity contribution >= 4 is 0 Å². The molecule has 0 amide bonds. The molecule has 2 aromatic rings. The van der Waals surface area contributed by atoms with E-state index < -0.39 is 11.6 Å². The molecule has 1 nitrogen and oxygen atoms in total. The van der Waals surface area contributed by atoms with Gasteiger partial charge >= 0.3 is 0 Å². The predicted octanol–water partition coefficient (Wildman–Crippen LogP) is 3.50. The molecule has 16 heavy (non-hydrogen) atoms. The fourth-order valence-corrected chi connectivity index (χ4v) is 1.45. The number of hydrogen-bond donors (Lipinski definition) is 0. The van der Waals surface area contributed by atoms with Crippen LogP contribution < -0.4 is 0 Å². The smallest absolute Gasteiger partial charge is 0.166 e. The van der Waals surface area contributed by atoms with Gasteiger partial charge < -0.3 is 0 Å². The molecule has 2 aromatic carbocycles. The number of hydrogen-bond acceptors (Lipinski definition) is 1. The molecule has 0 unspecified atom stereocenters. The van der Waals surface area contributed by atoms with E-state index in [2.05, 4.69) is 0 Å². The van der Waals surface area contributed by atoms with Crippen LogP contribution in [0.4, 0.5) is 8.78 Å². The van der Waals surface area contributed by atoms with Gasteiger partial charge in [-0.2, -0.15) is 5.26 Å². The van der Waals surface area contributed by atoms with Crippen LogP contribution in [-0.4, -0.2) is 0 Å². The molecule has 0 aliphatic heterocycles. The average molecular weight is 215 g/mol. The van der Waals surface area contributed by atoms with Crippen LogP contribution in [0, 0.1) is 23.0 Å². The molecule has 0 aromatic heterocycles. The van der Waals surface area contributed by atoms with Gasteiger partial charge in [0, 0.05) is 5.56 Å². The predicted molar refractivity (Wildman–Crippen MR) is 56.5 cm³/mol. The molecule has 0 heterocycles. The van der Waals surface area contributed by atoms with Gasteiger partial charge in [-0.25, -0.2) is 8.78 Å². The first kappa shape index (κ1) is 10.3. The van der Waals surface area contributed by atoms with Gasteiger partial charge in [-0.05, 0) is 23.8 Å². The fraction of sp³-hybridized carbons (Fsp3) is 0. The van der Waals surface area contributed by atoms with Crippen LogP contribution in [0.25, 0.3) is 11.1 Å². The van der Waals surface area contributed by atoms with Gasteiger partial charge in [0.15, 0.2) is 11.6 Å². The minimum atomic E-state index is -0.873. The second-order valence-corrected chi connectivity index (χ2v) is 3.29. The van der Waals surface area contributed by atoms with Gasteiger partial charge in [0.05, 0.1) is 11.6 Å². The Kier molecular flexibility index (Phi) is 2.65. The van der Waals surface area contributed by atoms with Gasteiger partial charge in [-0.15, -0.1) is 0 Å². The third kappa shape index (κ3) is 1.78. The molecule has 0 fully saturated rings. The summed E-state index contributed by atoms with van der Waals surface area (Å²) < 4.78 is 26.4. The van der Waals surface area contributed by atoms with Crippen LogP contribution in [0.2, 0.25) is 0 Å². The Morgan fingerprint density at radius 3 is 2.25 bits per heavy atom. The topological polar surface area (TPSA) is 23.8 Å². The van der Waals surface area contributed by atoms with E-state index in [9.17, 15) is 8.78 Å². The molecule has 0 saturated heterocycles. The highest BCUT2D eigenvalue weighted by atomic mass is 19.2.